The zero-order valence-corrected chi connectivity index (χ0v) is 6.15. The Balaban J connectivity index is 2.48. The second-order valence-electron chi connectivity index (χ2n) is 1.84. The molecule has 1 radical (unpaired) electrons. The Morgan fingerprint density at radius 3 is 3.00 bits per heavy atom. The van der Waals surface area contributed by atoms with E-state index in [1.54, 1.807) is 17.1 Å². The van der Waals surface area contributed by atoms with Crippen LogP contribution in [0.3, 0.4) is 0 Å². The number of nitrogens with zero attached hydrogens (tertiary/aromatic N) is 3. The van der Waals surface area contributed by atoms with Crippen molar-refractivity contribution in [3.8, 4) is 0 Å². The third-order valence-corrected chi connectivity index (χ3v) is 1.64. The summed E-state index contributed by atoms with van der Waals surface area (Å²) in [6.45, 7) is 1.81. The Bertz CT molecular complexity index is 162. The van der Waals surface area contributed by atoms with Gasteiger partial charge in [0.2, 0.25) is 9.04 Å². The second-order valence-corrected chi connectivity index (χ2v) is 3.62. The lowest BCUT2D eigenvalue weighted by atomic mass is 10.9. The van der Waals surface area contributed by atoms with E-state index in [0.717, 1.165) is 0 Å². The molecule has 0 aliphatic carbocycles. The zero-order valence-electron chi connectivity index (χ0n) is 5.15. The van der Waals surface area contributed by atoms with Crippen molar-refractivity contribution in [1.82, 2.24) is 15.0 Å². The highest BCUT2D eigenvalue weighted by Crippen LogP contribution is 1.82. The van der Waals surface area contributed by atoms with Gasteiger partial charge in [0.25, 0.3) is 0 Å². The molecule has 0 bridgehead atoms. The van der Waals surface area contributed by atoms with E-state index in [0.29, 0.717) is 6.17 Å². The van der Waals surface area contributed by atoms with Crippen LogP contribution in [0.2, 0.25) is 6.55 Å². The molecule has 1 aromatic heterocycles. The minimum atomic E-state index is -1.20. The van der Waals surface area contributed by atoms with Gasteiger partial charge >= 0.3 is 0 Å². The van der Waals surface area contributed by atoms with Crippen LogP contribution < -0.4 is 0 Å². The van der Waals surface area contributed by atoms with Crippen LogP contribution in [0.5, 0.6) is 0 Å². The summed E-state index contributed by atoms with van der Waals surface area (Å²) >= 11 is 0. The molecule has 0 atom stereocenters. The zero-order chi connectivity index (χ0) is 6.69. The summed E-state index contributed by atoms with van der Waals surface area (Å²) in [6, 6.07) is 0. The number of hydrogen-bond donors (Lipinski definition) is 1. The van der Waals surface area contributed by atoms with Crippen LogP contribution in [0, 0.1) is 0 Å². The molecule has 0 aliphatic rings. The highest BCUT2D eigenvalue weighted by molar-refractivity contribution is 6.47. The van der Waals surface area contributed by atoms with Gasteiger partial charge in [0.1, 0.15) is 0 Å². The van der Waals surface area contributed by atoms with Gasteiger partial charge in [0.15, 0.2) is 0 Å². The third-order valence-electron chi connectivity index (χ3n) is 0.863. The molecular formula is C4H8N3OSi. The Morgan fingerprint density at radius 2 is 2.56 bits per heavy atom. The molecule has 5 heteroatoms. The maximum atomic E-state index is 8.94. The minimum Gasteiger partial charge on any atom is -0.430 e. The molecule has 1 heterocycles. The van der Waals surface area contributed by atoms with E-state index in [2.05, 4.69) is 10.3 Å². The Kier molecular flexibility index (Phi) is 1.96. The third kappa shape index (κ3) is 1.94. The van der Waals surface area contributed by atoms with Crippen LogP contribution >= 0.6 is 0 Å². The molecule has 49 valence electrons. The van der Waals surface area contributed by atoms with Gasteiger partial charge < -0.3 is 4.80 Å². The Morgan fingerprint density at radius 1 is 1.78 bits per heavy atom. The van der Waals surface area contributed by atoms with Crippen molar-refractivity contribution in [3.63, 3.8) is 0 Å². The molecule has 0 amide bonds. The summed E-state index contributed by atoms with van der Waals surface area (Å²) < 4.78 is 1.63. The lowest BCUT2D eigenvalue weighted by molar-refractivity contribution is 0.542. The van der Waals surface area contributed by atoms with Crippen molar-refractivity contribution in [2.24, 2.45) is 0 Å². The van der Waals surface area contributed by atoms with E-state index in [9.17, 15) is 0 Å². The van der Waals surface area contributed by atoms with Crippen LogP contribution in [0.1, 0.15) is 0 Å². The van der Waals surface area contributed by atoms with Crippen molar-refractivity contribution in [3.05, 3.63) is 12.4 Å². The van der Waals surface area contributed by atoms with Crippen molar-refractivity contribution in [2.75, 3.05) is 0 Å². The molecule has 4 nitrogen and oxygen atoms in total. The molecule has 1 rings (SSSR count). The van der Waals surface area contributed by atoms with E-state index in [4.69, 9.17) is 4.80 Å². The lowest BCUT2D eigenvalue weighted by Gasteiger charge is -1.97. The average molecular weight is 142 g/mol. The number of hydrogen-bond acceptors (Lipinski definition) is 3. The fourth-order valence-electron chi connectivity index (χ4n) is 0.551. The first-order chi connectivity index (χ1) is 4.29. The average Bonchev–Trinajstić information content (AvgIpc) is 2.15. The van der Waals surface area contributed by atoms with Crippen molar-refractivity contribution in [1.29, 1.82) is 0 Å². The van der Waals surface area contributed by atoms with Gasteiger partial charge in [-0.3, -0.25) is 4.68 Å². The van der Waals surface area contributed by atoms with E-state index < -0.39 is 9.04 Å². The quantitative estimate of drug-likeness (QED) is 0.563. The first kappa shape index (κ1) is 6.44. The molecule has 0 spiro atoms. The summed E-state index contributed by atoms with van der Waals surface area (Å²) in [7, 11) is -1.20. The van der Waals surface area contributed by atoms with Crippen LogP contribution in [-0.4, -0.2) is 28.8 Å². The predicted octanol–water partition coefficient (Wildman–Crippen LogP) is -0.569. The summed E-state index contributed by atoms with van der Waals surface area (Å²) in [4.78, 5) is 8.94. The molecule has 0 fully saturated rings. The highest BCUT2D eigenvalue weighted by atomic mass is 28.3. The molecule has 0 saturated carbocycles. The van der Waals surface area contributed by atoms with E-state index in [-0.39, 0.29) is 0 Å². The molecule has 1 N–H and O–H groups in total. The normalized spacial score (nSPS) is 10.6. The molecule has 0 aliphatic heterocycles. The van der Waals surface area contributed by atoms with Crippen molar-refractivity contribution >= 4 is 9.04 Å². The maximum Gasteiger partial charge on any atom is 0.226 e. The summed E-state index contributed by atoms with van der Waals surface area (Å²) in [5.74, 6) is 0. The predicted molar refractivity (Wildman–Crippen MR) is 33.9 cm³/mol. The van der Waals surface area contributed by atoms with Gasteiger partial charge in [0.05, 0.1) is 12.4 Å². The highest BCUT2D eigenvalue weighted by Gasteiger charge is 1.99. The largest absolute Gasteiger partial charge is 0.430 e. The van der Waals surface area contributed by atoms with Gasteiger partial charge in [-0.15, -0.1) is 5.10 Å². The SMILES string of the molecule is C[Si](O)Cn1ccnn1. The molecule has 0 unspecified atom stereocenters. The first-order valence-electron chi connectivity index (χ1n) is 2.64. The second kappa shape index (κ2) is 2.74. The molecule has 1 aromatic rings. The van der Waals surface area contributed by atoms with E-state index >= 15 is 0 Å². The maximum absolute atomic E-state index is 8.94. The standard InChI is InChI=1S/C4H8N3OSi/c1-9(8)4-7-3-2-5-6-7/h2-3,8H,4H2,1H3. The van der Waals surface area contributed by atoms with Gasteiger partial charge in [-0.2, -0.15) is 0 Å². The van der Waals surface area contributed by atoms with Crippen LogP contribution in [-0.2, 0) is 6.17 Å². The van der Waals surface area contributed by atoms with Crippen LogP contribution in [0.25, 0.3) is 0 Å². The van der Waals surface area contributed by atoms with E-state index in [1.807, 2.05) is 6.55 Å². The Labute approximate surface area is 54.9 Å². The monoisotopic (exact) mass is 142 g/mol. The number of rotatable bonds is 2. The summed E-state index contributed by atoms with van der Waals surface area (Å²) in [6.07, 6.45) is 3.96. The molecular weight excluding hydrogens is 134 g/mol. The van der Waals surface area contributed by atoms with Crippen molar-refractivity contribution < 1.29 is 4.80 Å². The molecule has 0 aromatic carbocycles. The van der Waals surface area contributed by atoms with Crippen LogP contribution in [0.15, 0.2) is 12.4 Å². The van der Waals surface area contributed by atoms with Gasteiger partial charge in [0, 0.05) is 6.20 Å². The summed E-state index contributed by atoms with van der Waals surface area (Å²) in [5.41, 5.74) is 0. The Hall–Kier alpha value is -0.683. The molecule has 9 heavy (non-hydrogen) atoms. The summed E-state index contributed by atoms with van der Waals surface area (Å²) in [5, 5.41) is 7.28. The number of aromatic nitrogens is 3. The van der Waals surface area contributed by atoms with Gasteiger partial charge in [-0.25, -0.2) is 0 Å². The fraction of sp³-hybridized carbons (Fsp3) is 0.500. The topological polar surface area (TPSA) is 50.9 Å². The fourth-order valence-corrected chi connectivity index (χ4v) is 1.19. The van der Waals surface area contributed by atoms with Crippen molar-refractivity contribution in [2.45, 2.75) is 12.7 Å². The van der Waals surface area contributed by atoms with Gasteiger partial charge in [-0.05, 0) is 6.55 Å². The smallest absolute Gasteiger partial charge is 0.226 e. The lowest BCUT2D eigenvalue weighted by Crippen LogP contribution is -2.16. The minimum absolute atomic E-state index is 0.616. The first-order valence-corrected chi connectivity index (χ1v) is 4.80. The van der Waals surface area contributed by atoms with Crippen LogP contribution in [0.4, 0.5) is 0 Å². The van der Waals surface area contributed by atoms with E-state index in [1.165, 1.54) is 0 Å². The molecule has 0 saturated heterocycles. The van der Waals surface area contributed by atoms with Gasteiger partial charge in [-0.1, -0.05) is 5.21 Å².